The third kappa shape index (κ3) is 7.11. The molecule has 3 heterocycles. The zero-order valence-corrected chi connectivity index (χ0v) is 20.7. The van der Waals surface area contributed by atoms with Crippen LogP contribution in [0.4, 0.5) is 33.7 Å². The van der Waals surface area contributed by atoms with E-state index in [1.54, 1.807) is 12.4 Å². The molecule has 15 heteroatoms. The molecule has 0 saturated carbocycles. The molecule has 2 fully saturated rings. The Morgan fingerprint density at radius 1 is 1.13 bits per heavy atom. The minimum absolute atomic E-state index is 0.0610. The van der Waals surface area contributed by atoms with Crippen molar-refractivity contribution in [3.8, 4) is 0 Å². The molecule has 0 radical (unpaired) electrons. The van der Waals surface area contributed by atoms with Crippen LogP contribution in [-0.2, 0) is 20.9 Å². The highest BCUT2D eigenvalue weighted by molar-refractivity contribution is 5.90. The van der Waals surface area contributed by atoms with Gasteiger partial charge in [-0.25, -0.2) is 19.0 Å². The lowest BCUT2D eigenvalue weighted by molar-refractivity contribution is -0.133. The van der Waals surface area contributed by atoms with E-state index in [9.17, 15) is 23.2 Å². The van der Waals surface area contributed by atoms with Crippen LogP contribution in [0.25, 0.3) is 0 Å². The number of hydrogen-bond donors (Lipinski definition) is 3. The van der Waals surface area contributed by atoms with E-state index in [2.05, 4.69) is 15.7 Å². The number of cyclic esters (lactones) is 1. The number of halogens is 4. The fraction of sp³-hybridized carbons (Fsp3) is 0.417. The number of nitrogens with one attached hydrogen (secondary N) is 3. The number of amides is 3. The van der Waals surface area contributed by atoms with Crippen molar-refractivity contribution < 1.29 is 36.7 Å². The summed E-state index contributed by atoms with van der Waals surface area (Å²) < 4.78 is 59.9. The summed E-state index contributed by atoms with van der Waals surface area (Å²) in [4.78, 5) is 42.2. The Morgan fingerprint density at radius 2 is 1.85 bits per heavy atom. The highest BCUT2D eigenvalue weighted by atomic mass is 19.3. The largest absolute Gasteiger partial charge is 0.442 e. The van der Waals surface area contributed by atoms with E-state index in [4.69, 9.17) is 4.74 Å². The van der Waals surface area contributed by atoms with Crippen molar-refractivity contribution in [1.82, 2.24) is 26.1 Å². The van der Waals surface area contributed by atoms with Gasteiger partial charge in [-0.3, -0.25) is 24.5 Å². The molecule has 2 aromatic rings. The maximum atomic E-state index is 15.1. The molecular formula is C24H27F4N7O4. The molecule has 4 rings (SSSR count). The summed E-state index contributed by atoms with van der Waals surface area (Å²) >= 11 is 0. The standard InChI is InChI=1S/C24H27F4N7O4/c25-18-9-16(34-14-17(39-24(34)38)12-31-23(37)22(27)28)10-19(26)21(18)33-6-5-32-35(8-7-33)20(36)13-30-11-15-1-3-29-4-2-15/h1-4,9-10,17,22,30,32H,5-8,11-14H2,(H,31,37)/t17-/m0/s1. The average Bonchev–Trinajstić information content (AvgIpc) is 3.11. The predicted molar refractivity (Wildman–Crippen MR) is 131 cm³/mol. The van der Waals surface area contributed by atoms with Gasteiger partial charge in [-0.1, -0.05) is 0 Å². The summed E-state index contributed by atoms with van der Waals surface area (Å²) in [6.45, 7) is 0.747. The zero-order chi connectivity index (χ0) is 27.9. The van der Waals surface area contributed by atoms with Gasteiger partial charge < -0.3 is 20.3 Å². The zero-order valence-electron chi connectivity index (χ0n) is 20.7. The first kappa shape index (κ1) is 28.0. The van der Waals surface area contributed by atoms with E-state index in [1.807, 2.05) is 17.4 Å². The van der Waals surface area contributed by atoms with Crippen molar-refractivity contribution in [2.24, 2.45) is 0 Å². The number of pyridine rings is 1. The van der Waals surface area contributed by atoms with Gasteiger partial charge in [-0.15, -0.1) is 0 Å². The Balaban J connectivity index is 1.33. The molecule has 11 nitrogen and oxygen atoms in total. The van der Waals surface area contributed by atoms with Crippen molar-refractivity contribution in [2.75, 3.05) is 55.6 Å². The van der Waals surface area contributed by atoms with Crippen molar-refractivity contribution in [3.05, 3.63) is 53.9 Å². The highest BCUT2D eigenvalue weighted by Crippen LogP contribution is 2.31. The van der Waals surface area contributed by atoms with Crippen molar-refractivity contribution in [3.63, 3.8) is 0 Å². The van der Waals surface area contributed by atoms with Gasteiger partial charge in [0.05, 0.1) is 31.9 Å². The number of carbonyl (C=O) groups excluding carboxylic acids is 3. The summed E-state index contributed by atoms with van der Waals surface area (Å²) in [5.41, 5.74) is 3.51. The average molecular weight is 554 g/mol. The Bertz CT molecular complexity index is 1170. The molecule has 1 aromatic carbocycles. The summed E-state index contributed by atoms with van der Waals surface area (Å²) in [6.07, 6.45) is -1.80. The van der Waals surface area contributed by atoms with E-state index in [0.29, 0.717) is 6.54 Å². The number of carbonyl (C=O) groups is 3. The fourth-order valence-electron chi connectivity index (χ4n) is 4.22. The second kappa shape index (κ2) is 12.7. The van der Waals surface area contributed by atoms with E-state index in [-0.39, 0.29) is 63.1 Å². The SMILES string of the molecule is O=C(NC[C@H]1CN(c2cc(F)c(N3CCNN(C(=O)CNCc4ccncc4)CC3)c(F)c2)C(=O)O1)C(F)F. The molecular weight excluding hydrogens is 526 g/mol. The highest BCUT2D eigenvalue weighted by Gasteiger charge is 2.34. The van der Waals surface area contributed by atoms with Crippen LogP contribution in [-0.4, -0.2) is 86.2 Å². The van der Waals surface area contributed by atoms with E-state index < -0.39 is 36.2 Å². The molecule has 2 aliphatic heterocycles. The molecule has 1 atom stereocenters. The van der Waals surface area contributed by atoms with Crippen LogP contribution in [0.2, 0.25) is 0 Å². The topological polar surface area (TPSA) is 119 Å². The second-order valence-corrected chi connectivity index (χ2v) is 8.82. The Labute approximate surface area is 221 Å². The van der Waals surface area contributed by atoms with Gasteiger partial charge in [0.1, 0.15) is 11.8 Å². The molecule has 210 valence electrons. The lowest BCUT2D eigenvalue weighted by Crippen LogP contribution is -2.47. The molecule has 0 unspecified atom stereocenters. The van der Waals surface area contributed by atoms with E-state index >= 15 is 8.78 Å². The number of aromatic nitrogens is 1. The van der Waals surface area contributed by atoms with E-state index in [1.165, 1.54) is 9.91 Å². The van der Waals surface area contributed by atoms with Crippen LogP contribution in [0.5, 0.6) is 0 Å². The van der Waals surface area contributed by atoms with Crippen molar-refractivity contribution in [2.45, 2.75) is 19.1 Å². The number of ether oxygens (including phenoxy) is 1. The molecule has 0 aliphatic carbocycles. The fourth-order valence-corrected chi connectivity index (χ4v) is 4.22. The minimum atomic E-state index is -3.22. The van der Waals surface area contributed by atoms with Crippen LogP contribution in [0, 0.1) is 11.6 Å². The third-order valence-corrected chi connectivity index (χ3v) is 6.14. The molecule has 2 aliphatic rings. The maximum absolute atomic E-state index is 15.1. The van der Waals surface area contributed by atoms with Crippen LogP contribution < -0.4 is 25.9 Å². The lowest BCUT2D eigenvalue weighted by atomic mass is 10.2. The van der Waals surface area contributed by atoms with Crippen LogP contribution in [0.3, 0.4) is 0 Å². The first-order chi connectivity index (χ1) is 18.7. The molecule has 0 bridgehead atoms. The molecule has 1 aromatic heterocycles. The second-order valence-electron chi connectivity index (χ2n) is 8.82. The number of rotatable bonds is 9. The van der Waals surface area contributed by atoms with Gasteiger partial charge in [0, 0.05) is 50.7 Å². The molecule has 2 saturated heterocycles. The minimum Gasteiger partial charge on any atom is -0.442 e. The van der Waals surface area contributed by atoms with Crippen LogP contribution in [0.15, 0.2) is 36.7 Å². The van der Waals surface area contributed by atoms with Crippen molar-refractivity contribution >= 4 is 29.3 Å². The molecule has 3 amide bonds. The van der Waals surface area contributed by atoms with Gasteiger partial charge in [-0.2, -0.15) is 8.78 Å². The number of alkyl halides is 2. The first-order valence-corrected chi connectivity index (χ1v) is 12.1. The molecule has 39 heavy (non-hydrogen) atoms. The quantitative estimate of drug-likeness (QED) is 0.394. The molecule has 0 spiro atoms. The first-order valence-electron chi connectivity index (χ1n) is 12.1. The summed E-state index contributed by atoms with van der Waals surface area (Å²) in [5, 5.41) is 6.39. The van der Waals surface area contributed by atoms with Crippen molar-refractivity contribution in [1.29, 1.82) is 0 Å². The van der Waals surface area contributed by atoms with Gasteiger partial charge in [0.15, 0.2) is 11.6 Å². The van der Waals surface area contributed by atoms with Crippen LogP contribution in [0.1, 0.15) is 5.56 Å². The summed E-state index contributed by atoms with van der Waals surface area (Å²) in [5.74, 6) is -3.59. The Kier molecular flexibility index (Phi) is 9.14. The van der Waals surface area contributed by atoms with Gasteiger partial charge in [0.2, 0.25) is 0 Å². The number of hydrazine groups is 1. The number of nitrogens with zero attached hydrogens (tertiary/aromatic N) is 4. The summed E-state index contributed by atoms with van der Waals surface area (Å²) in [7, 11) is 0. The molecule has 3 N–H and O–H groups in total. The Morgan fingerprint density at radius 3 is 2.54 bits per heavy atom. The van der Waals surface area contributed by atoms with Crippen LogP contribution >= 0.6 is 0 Å². The normalized spacial score (nSPS) is 17.8. The Hall–Kier alpha value is -3.98. The lowest BCUT2D eigenvalue weighted by Gasteiger charge is -2.25. The number of hydrogen-bond acceptors (Lipinski definition) is 8. The third-order valence-electron chi connectivity index (χ3n) is 6.14. The smallest absolute Gasteiger partial charge is 0.414 e. The maximum Gasteiger partial charge on any atom is 0.414 e. The van der Waals surface area contributed by atoms with Gasteiger partial charge >= 0.3 is 12.5 Å². The monoisotopic (exact) mass is 553 g/mol. The number of anilines is 2. The van der Waals surface area contributed by atoms with Gasteiger partial charge in [-0.05, 0) is 17.7 Å². The summed E-state index contributed by atoms with van der Waals surface area (Å²) in [6, 6.07) is 5.61. The predicted octanol–water partition coefficient (Wildman–Crippen LogP) is 1.01. The van der Waals surface area contributed by atoms with E-state index in [0.717, 1.165) is 22.6 Å². The van der Waals surface area contributed by atoms with Gasteiger partial charge in [0.25, 0.3) is 11.8 Å². The number of benzene rings is 1.